The Morgan fingerprint density at radius 2 is 1.85 bits per heavy atom. The van der Waals surface area contributed by atoms with Gasteiger partial charge in [-0.2, -0.15) is 8.42 Å². The topological polar surface area (TPSA) is 125 Å². The van der Waals surface area contributed by atoms with Gasteiger partial charge in [-0.05, 0) is 49.2 Å². The molecule has 0 radical (unpaired) electrons. The molecule has 9 nitrogen and oxygen atoms in total. The molecule has 10 heteroatoms. The van der Waals surface area contributed by atoms with Crippen LogP contribution in [0.3, 0.4) is 0 Å². The maximum Gasteiger partial charge on any atom is 0.337 e. The third-order valence-corrected chi connectivity index (χ3v) is 5.24. The van der Waals surface area contributed by atoms with Crippen LogP contribution in [0.5, 0.6) is 0 Å². The molecule has 0 spiro atoms. The third-order valence-electron chi connectivity index (χ3n) is 3.98. The molecule has 2 heterocycles. The monoisotopic (exact) mass is 389 g/mol. The molecule has 4 rings (SSSR count). The number of ether oxygens (including phenoxy) is 1. The van der Waals surface area contributed by atoms with E-state index >= 15 is 0 Å². The second-order valence-electron chi connectivity index (χ2n) is 6.01. The minimum absolute atomic E-state index is 0.140. The molecule has 1 fully saturated rings. The van der Waals surface area contributed by atoms with E-state index in [2.05, 4.69) is 19.7 Å². The van der Waals surface area contributed by atoms with E-state index < -0.39 is 16.0 Å². The number of sulfonamides is 1. The van der Waals surface area contributed by atoms with Crippen LogP contribution in [0.1, 0.15) is 35.0 Å². The molecular weight excluding hydrogens is 374 g/mol. The first-order valence-electron chi connectivity index (χ1n) is 8.11. The number of aromatic nitrogens is 2. The summed E-state index contributed by atoms with van der Waals surface area (Å²) in [6, 6.07) is 8.58. The molecule has 1 N–H and O–H groups in total. The van der Waals surface area contributed by atoms with E-state index in [-0.39, 0.29) is 22.4 Å². The summed E-state index contributed by atoms with van der Waals surface area (Å²) in [5.74, 6) is 0.635. The second kappa shape index (κ2) is 6.54. The Hall–Kier alpha value is -3.14. The van der Waals surface area contributed by atoms with E-state index in [1.807, 2.05) is 0 Å². The first kappa shape index (κ1) is 17.3. The van der Waals surface area contributed by atoms with Gasteiger partial charge in [-0.3, -0.25) is 4.72 Å². The van der Waals surface area contributed by atoms with Crippen molar-refractivity contribution >= 4 is 21.7 Å². The summed E-state index contributed by atoms with van der Waals surface area (Å²) in [5, 5.41) is 7.54. The molecule has 1 aromatic carbocycles. The van der Waals surface area contributed by atoms with Crippen molar-refractivity contribution in [2.75, 3.05) is 11.8 Å². The zero-order valence-corrected chi connectivity index (χ0v) is 15.0. The minimum atomic E-state index is -3.96. The van der Waals surface area contributed by atoms with E-state index in [9.17, 15) is 13.2 Å². The molecule has 1 saturated carbocycles. The largest absolute Gasteiger partial charge is 0.465 e. The fourth-order valence-electron chi connectivity index (χ4n) is 2.41. The summed E-state index contributed by atoms with van der Waals surface area (Å²) in [4.78, 5) is 11.4. The lowest BCUT2D eigenvalue weighted by Gasteiger charge is -2.06. The van der Waals surface area contributed by atoms with E-state index in [4.69, 9.17) is 8.83 Å². The predicted molar refractivity (Wildman–Crippen MR) is 92.6 cm³/mol. The lowest BCUT2D eigenvalue weighted by Crippen LogP contribution is -2.12. The van der Waals surface area contributed by atoms with Crippen LogP contribution in [-0.4, -0.2) is 31.7 Å². The number of nitrogens with one attached hydrogen (secondary N) is 1. The highest BCUT2D eigenvalue weighted by atomic mass is 32.2. The molecule has 0 amide bonds. The molecule has 0 bridgehead atoms. The molecule has 0 atom stereocenters. The lowest BCUT2D eigenvalue weighted by atomic mass is 10.2. The smallest absolute Gasteiger partial charge is 0.337 e. The number of benzene rings is 1. The van der Waals surface area contributed by atoms with Crippen molar-refractivity contribution in [3.8, 4) is 11.7 Å². The summed E-state index contributed by atoms with van der Waals surface area (Å²) < 4.78 is 42.8. The summed E-state index contributed by atoms with van der Waals surface area (Å²) in [6.07, 6.45) is 2.02. The number of esters is 1. The normalized spacial score (nSPS) is 14.1. The van der Waals surface area contributed by atoms with Crippen LogP contribution in [0.25, 0.3) is 11.7 Å². The molecule has 2 aromatic heterocycles. The Balaban J connectivity index is 1.51. The standard InChI is InChI=1S/C17H15N3O6S/c1-24-17(21)11-4-6-12(7-5-11)20-27(22,23)14-9-8-13(25-14)16-19-18-15(26-16)10-2-3-10/h4-10,20H,2-3H2,1H3. The lowest BCUT2D eigenvalue weighted by molar-refractivity contribution is 0.0600. The molecule has 0 saturated heterocycles. The van der Waals surface area contributed by atoms with E-state index in [1.54, 1.807) is 0 Å². The maximum absolute atomic E-state index is 12.5. The highest BCUT2D eigenvalue weighted by Gasteiger charge is 2.30. The van der Waals surface area contributed by atoms with Crippen molar-refractivity contribution < 1.29 is 26.8 Å². The van der Waals surface area contributed by atoms with Gasteiger partial charge in [-0.1, -0.05) is 0 Å². The van der Waals surface area contributed by atoms with E-state index in [0.717, 1.165) is 12.8 Å². The van der Waals surface area contributed by atoms with Crippen LogP contribution in [0.15, 0.2) is 50.3 Å². The molecule has 27 heavy (non-hydrogen) atoms. The molecule has 1 aliphatic carbocycles. The fraction of sp³-hybridized carbons (Fsp3) is 0.235. The highest BCUT2D eigenvalue weighted by Crippen LogP contribution is 2.40. The Bertz CT molecular complexity index is 1080. The first-order chi connectivity index (χ1) is 13.0. The van der Waals surface area contributed by atoms with E-state index in [0.29, 0.717) is 17.4 Å². The first-order valence-corrected chi connectivity index (χ1v) is 9.59. The van der Waals surface area contributed by atoms with Crippen LogP contribution >= 0.6 is 0 Å². The van der Waals surface area contributed by atoms with Crippen LogP contribution in [-0.2, 0) is 14.8 Å². The fourth-order valence-corrected chi connectivity index (χ4v) is 3.40. The molecule has 1 aliphatic rings. The van der Waals surface area contributed by atoms with Gasteiger partial charge in [0.05, 0.1) is 12.7 Å². The molecule has 0 unspecified atom stereocenters. The van der Waals surface area contributed by atoms with Crippen molar-refractivity contribution in [1.29, 1.82) is 0 Å². The zero-order chi connectivity index (χ0) is 19.0. The van der Waals surface area contributed by atoms with Gasteiger partial charge in [0.25, 0.3) is 15.9 Å². The Kier molecular flexibility index (Phi) is 4.19. The number of nitrogens with zero attached hydrogens (tertiary/aromatic N) is 2. The number of carbonyl (C=O) groups excluding carboxylic acids is 1. The summed E-state index contributed by atoms with van der Waals surface area (Å²) in [5.41, 5.74) is 0.581. The van der Waals surface area contributed by atoms with Gasteiger partial charge in [0.2, 0.25) is 11.0 Å². The zero-order valence-electron chi connectivity index (χ0n) is 14.2. The van der Waals surface area contributed by atoms with Crippen LogP contribution in [0.2, 0.25) is 0 Å². The number of rotatable bonds is 6. The summed E-state index contributed by atoms with van der Waals surface area (Å²) in [6.45, 7) is 0. The molecule has 0 aliphatic heterocycles. The highest BCUT2D eigenvalue weighted by molar-refractivity contribution is 7.92. The van der Waals surface area contributed by atoms with Crippen molar-refractivity contribution in [2.24, 2.45) is 0 Å². The Morgan fingerprint density at radius 3 is 2.52 bits per heavy atom. The Morgan fingerprint density at radius 1 is 1.11 bits per heavy atom. The van der Waals surface area contributed by atoms with Gasteiger partial charge >= 0.3 is 5.97 Å². The summed E-state index contributed by atoms with van der Waals surface area (Å²) >= 11 is 0. The maximum atomic E-state index is 12.5. The van der Waals surface area contributed by atoms with Crippen LogP contribution in [0.4, 0.5) is 5.69 Å². The number of methoxy groups -OCH3 is 1. The van der Waals surface area contributed by atoms with Gasteiger partial charge < -0.3 is 13.6 Å². The van der Waals surface area contributed by atoms with Crippen molar-refractivity contribution in [3.63, 3.8) is 0 Å². The average molecular weight is 389 g/mol. The van der Waals surface area contributed by atoms with Crippen molar-refractivity contribution in [3.05, 3.63) is 47.9 Å². The minimum Gasteiger partial charge on any atom is -0.465 e. The SMILES string of the molecule is COC(=O)c1ccc(NS(=O)(=O)c2ccc(-c3nnc(C4CC4)o3)o2)cc1. The van der Waals surface area contributed by atoms with Gasteiger partial charge in [0, 0.05) is 11.6 Å². The van der Waals surface area contributed by atoms with Crippen molar-refractivity contribution in [1.82, 2.24) is 10.2 Å². The van der Waals surface area contributed by atoms with Crippen molar-refractivity contribution in [2.45, 2.75) is 23.9 Å². The van der Waals surface area contributed by atoms with Gasteiger partial charge in [-0.25, -0.2) is 4.79 Å². The number of hydrogen-bond acceptors (Lipinski definition) is 8. The Labute approximate surface area is 154 Å². The van der Waals surface area contributed by atoms with E-state index in [1.165, 1.54) is 43.5 Å². The van der Waals surface area contributed by atoms with Crippen LogP contribution in [0, 0.1) is 0 Å². The predicted octanol–water partition coefficient (Wildman–Crippen LogP) is 2.79. The molecule has 3 aromatic rings. The summed E-state index contributed by atoms with van der Waals surface area (Å²) in [7, 11) is -2.69. The third kappa shape index (κ3) is 3.56. The quantitative estimate of drug-likeness (QED) is 0.638. The van der Waals surface area contributed by atoms with Gasteiger partial charge in [0.15, 0.2) is 5.76 Å². The van der Waals surface area contributed by atoms with Crippen LogP contribution < -0.4 is 4.72 Å². The number of anilines is 1. The number of furan rings is 1. The van der Waals surface area contributed by atoms with Gasteiger partial charge in [-0.15, -0.1) is 10.2 Å². The number of carbonyl (C=O) groups is 1. The second-order valence-corrected chi connectivity index (χ2v) is 7.63. The molecule has 140 valence electrons. The number of hydrogen-bond donors (Lipinski definition) is 1. The van der Waals surface area contributed by atoms with Gasteiger partial charge in [0.1, 0.15) is 0 Å². The molecular formula is C17H15N3O6S. The average Bonchev–Trinajstić information content (AvgIpc) is 3.18.